The number of hydrogen-bond acceptors (Lipinski definition) is 6. The van der Waals surface area contributed by atoms with Crippen LogP contribution in [0.1, 0.15) is 50.8 Å². The predicted octanol–water partition coefficient (Wildman–Crippen LogP) is 7.83. The first-order valence-electron chi connectivity index (χ1n) is 14.7. The van der Waals surface area contributed by atoms with Crippen LogP contribution in [0.5, 0.6) is 0 Å². The second-order valence-electron chi connectivity index (χ2n) is 12.0. The van der Waals surface area contributed by atoms with Crippen molar-refractivity contribution >= 4 is 46.1 Å². The first-order valence-corrected chi connectivity index (χ1v) is 15.5. The molecule has 2 aromatic carbocycles. The van der Waals surface area contributed by atoms with Crippen molar-refractivity contribution in [1.82, 2.24) is 29.4 Å². The lowest BCUT2D eigenvalue weighted by molar-refractivity contribution is 0.0185. The number of piperidine rings is 1. The van der Waals surface area contributed by atoms with Gasteiger partial charge in [0.25, 0.3) is 0 Å². The Bertz CT molecular complexity index is 1750. The van der Waals surface area contributed by atoms with Gasteiger partial charge in [-0.25, -0.2) is 9.78 Å². The molecule has 0 bridgehead atoms. The number of nitrogens with zero attached hydrogens (tertiary/aromatic N) is 6. The number of rotatable bonds is 7. The van der Waals surface area contributed by atoms with Gasteiger partial charge in [0, 0.05) is 58.8 Å². The Morgan fingerprint density at radius 2 is 1.73 bits per heavy atom. The number of anilines is 1. The quantitative estimate of drug-likeness (QED) is 0.197. The van der Waals surface area contributed by atoms with Gasteiger partial charge in [-0.15, -0.1) is 0 Å². The maximum absolute atomic E-state index is 12.5. The molecule has 5 aromatic rings. The van der Waals surface area contributed by atoms with Crippen LogP contribution in [0.2, 0.25) is 10.0 Å². The topological polar surface area (TPSA) is 90.1 Å². The molecule has 1 saturated heterocycles. The summed E-state index contributed by atoms with van der Waals surface area (Å²) in [6.07, 6.45) is 7.12. The predicted molar refractivity (Wildman–Crippen MR) is 174 cm³/mol. The smallest absolute Gasteiger partial charge is 0.410 e. The molecule has 6 rings (SSSR count). The van der Waals surface area contributed by atoms with E-state index >= 15 is 0 Å². The van der Waals surface area contributed by atoms with Crippen molar-refractivity contribution in [3.8, 4) is 11.1 Å². The van der Waals surface area contributed by atoms with Crippen molar-refractivity contribution in [3.05, 3.63) is 94.4 Å². The number of nitrogens with one attached hydrogen (secondary N) is 1. The summed E-state index contributed by atoms with van der Waals surface area (Å²) in [6.45, 7) is 7.92. The number of aromatic nitrogens is 5. The third kappa shape index (κ3) is 6.69. The average molecular weight is 633 g/mol. The highest BCUT2D eigenvalue weighted by Crippen LogP contribution is 2.32. The maximum atomic E-state index is 12.5. The lowest BCUT2D eigenvalue weighted by atomic mass is 10.1. The van der Waals surface area contributed by atoms with E-state index in [2.05, 4.69) is 29.7 Å². The molecule has 1 aliphatic heterocycles. The Kier molecular flexibility index (Phi) is 8.51. The lowest BCUT2D eigenvalue weighted by Crippen LogP contribution is -2.42. The molecule has 1 amide bonds. The highest BCUT2D eigenvalue weighted by molar-refractivity contribution is 6.36. The molecule has 3 aromatic heterocycles. The van der Waals surface area contributed by atoms with Crippen LogP contribution in [-0.2, 0) is 17.8 Å². The van der Waals surface area contributed by atoms with Gasteiger partial charge in [0.15, 0.2) is 5.82 Å². The summed E-state index contributed by atoms with van der Waals surface area (Å²) >= 11 is 13.1. The summed E-state index contributed by atoms with van der Waals surface area (Å²) in [5.41, 5.74) is 4.93. The van der Waals surface area contributed by atoms with Gasteiger partial charge < -0.3 is 15.0 Å². The zero-order chi connectivity index (χ0) is 30.8. The van der Waals surface area contributed by atoms with E-state index in [1.165, 1.54) is 0 Å². The van der Waals surface area contributed by atoms with Crippen LogP contribution < -0.4 is 5.32 Å². The molecule has 0 radical (unpaired) electrons. The molecule has 0 aliphatic carbocycles. The van der Waals surface area contributed by atoms with Gasteiger partial charge in [0.05, 0.1) is 24.3 Å². The summed E-state index contributed by atoms with van der Waals surface area (Å²) in [5, 5.41) is 14.2. The van der Waals surface area contributed by atoms with E-state index in [4.69, 9.17) is 43.1 Å². The van der Waals surface area contributed by atoms with Gasteiger partial charge in [-0.1, -0.05) is 59.6 Å². The Morgan fingerprint density at radius 1 is 1.00 bits per heavy atom. The van der Waals surface area contributed by atoms with Crippen LogP contribution in [0, 0.1) is 0 Å². The molecule has 44 heavy (non-hydrogen) atoms. The standard InChI is InChI=1S/C33H35Cl2N7O2/c1-33(2,3)44-32(43)40-14-12-25(13-15-40)41-20-24(19-38-41)23-16-29-30(36-18-23)31(37-17-22-8-5-4-6-9-22)39-42(29)21-26-27(34)10-7-11-28(26)35/h4-11,16,18-20,25H,12-15,17,21H2,1-3H3,(H,37,39). The highest BCUT2D eigenvalue weighted by atomic mass is 35.5. The second kappa shape index (κ2) is 12.5. The number of ether oxygens (including phenoxy) is 1. The Balaban J connectivity index is 1.25. The first kappa shape index (κ1) is 30.0. The number of hydrogen-bond donors (Lipinski definition) is 1. The summed E-state index contributed by atoms with van der Waals surface area (Å²) in [7, 11) is 0. The molecular formula is C33H35Cl2N7O2. The number of carbonyl (C=O) groups excluding carboxylic acids is 1. The van der Waals surface area contributed by atoms with Gasteiger partial charge in [-0.2, -0.15) is 10.2 Å². The molecule has 11 heteroatoms. The van der Waals surface area contributed by atoms with E-state index in [0.29, 0.717) is 42.0 Å². The SMILES string of the molecule is CC(C)(C)OC(=O)N1CCC(n2cc(-c3cnc4c(NCc5ccccc5)nn(Cc5c(Cl)cccc5Cl)c4c3)cn2)CC1. The van der Waals surface area contributed by atoms with Crippen LogP contribution in [0.15, 0.2) is 73.2 Å². The minimum absolute atomic E-state index is 0.195. The number of likely N-dealkylation sites (tertiary alicyclic amines) is 1. The summed E-state index contributed by atoms with van der Waals surface area (Å²) in [6, 6.07) is 17.9. The van der Waals surface area contributed by atoms with Crippen LogP contribution in [0.4, 0.5) is 10.6 Å². The number of amides is 1. The summed E-state index contributed by atoms with van der Waals surface area (Å²) in [4.78, 5) is 19.1. The van der Waals surface area contributed by atoms with E-state index in [1.807, 2.05) is 78.9 Å². The average Bonchev–Trinajstić information content (AvgIpc) is 3.63. The van der Waals surface area contributed by atoms with Gasteiger partial charge in [0.1, 0.15) is 11.1 Å². The second-order valence-corrected chi connectivity index (χ2v) is 12.9. The van der Waals surface area contributed by atoms with Crippen LogP contribution in [0.25, 0.3) is 22.2 Å². The minimum atomic E-state index is -0.506. The van der Waals surface area contributed by atoms with Gasteiger partial charge in [-0.3, -0.25) is 9.36 Å². The summed E-state index contributed by atoms with van der Waals surface area (Å²) < 4.78 is 9.44. The molecule has 228 valence electrons. The Hall–Kier alpha value is -4.08. The van der Waals surface area contributed by atoms with E-state index < -0.39 is 5.60 Å². The zero-order valence-corrected chi connectivity index (χ0v) is 26.5. The van der Waals surface area contributed by atoms with E-state index in [1.54, 1.807) is 4.90 Å². The third-order valence-electron chi connectivity index (χ3n) is 7.69. The maximum Gasteiger partial charge on any atom is 0.410 e. The molecule has 0 spiro atoms. The van der Waals surface area contributed by atoms with E-state index in [-0.39, 0.29) is 12.1 Å². The zero-order valence-electron chi connectivity index (χ0n) is 25.0. The van der Waals surface area contributed by atoms with Crippen molar-refractivity contribution in [3.63, 3.8) is 0 Å². The van der Waals surface area contributed by atoms with E-state index in [0.717, 1.165) is 46.1 Å². The molecular weight excluding hydrogens is 597 g/mol. The first-order chi connectivity index (χ1) is 21.1. The molecule has 0 atom stereocenters. The van der Waals surface area contributed by atoms with Gasteiger partial charge in [-0.05, 0) is 57.4 Å². The van der Waals surface area contributed by atoms with Crippen molar-refractivity contribution in [1.29, 1.82) is 0 Å². The Labute approximate surface area is 266 Å². The minimum Gasteiger partial charge on any atom is -0.444 e. The highest BCUT2D eigenvalue weighted by Gasteiger charge is 2.28. The normalized spacial score (nSPS) is 14.2. The third-order valence-corrected chi connectivity index (χ3v) is 8.40. The van der Waals surface area contributed by atoms with E-state index in [9.17, 15) is 4.79 Å². The number of carbonyl (C=O) groups is 1. The molecule has 9 nitrogen and oxygen atoms in total. The van der Waals surface area contributed by atoms with Crippen LogP contribution in [0.3, 0.4) is 0 Å². The lowest BCUT2D eigenvalue weighted by Gasteiger charge is -2.33. The molecule has 1 aliphatic rings. The molecule has 0 saturated carbocycles. The Morgan fingerprint density at radius 3 is 2.43 bits per heavy atom. The fraction of sp³-hybridized carbons (Fsp3) is 0.333. The molecule has 4 heterocycles. The van der Waals surface area contributed by atoms with Crippen molar-refractivity contribution in [2.45, 2.75) is 58.3 Å². The van der Waals surface area contributed by atoms with Crippen molar-refractivity contribution < 1.29 is 9.53 Å². The van der Waals surface area contributed by atoms with Crippen molar-refractivity contribution in [2.24, 2.45) is 0 Å². The van der Waals surface area contributed by atoms with Crippen molar-refractivity contribution in [2.75, 3.05) is 18.4 Å². The number of fused-ring (bicyclic) bond motifs is 1. The van der Waals surface area contributed by atoms with Crippen LogP contribution >= 0.6 is 23.2 Å². The molecule has 1 N–H and O–H groups in total. The van der Waals surface area contributed by atoms with Crippen LogP contribution in [-0.4, -0.2) is 54.2 Å². The molecule has 0 unspecified atom stereocenters. The summed E-state index contributed by atoms with van der Waals surface area (Å²) in [5.74, 6) is 0.686. The monoisotopic (exact) mass is 631 g/mol. The van der Waals surface area contributed by atoms with Gasteiger partial charge in [0.2, 0.25) is 0 Å². The largest absolute Gasteiger partial charge is 0.444 e. The fourth-order valence-corrected chi connectivity index (χ4v) is 5.91. The fourth-order valence-electron chi connectivity index (χ4n) is 5.39. The number of benzene rings is 2. The number of pyridine rings is 1. The molecule has 1 fully saturated rings. The number of halogens is 2. The van der Waals surface area contributed by atoms with Gasteiger partial charge >= 0.3 is 6.09 Å².